The zero-order chi connectivity index (χ0) is 10.9. The summed E-state index contributed by atoms with van der Waals surface area (Å²) >= 11 is 8.71. The van der Waals surface area contributed by atoms with Crippen LogP contribution in [0.5, 0.6) is 0 Å². The Morgan fingerprint density at radius 2 is 1.29 bits per heavy atom. The van der Waals surface area contributed by atoms with Gasteiger partial charge in [0.25, 0.3) is 0 Å². The van der Waals surface area contributed by atoms with Crippen LogP contribution >= 0.6 is 33.7 Å². The van der Waals surface area contributed by atoms with E-state index in [1.807, 2.05) is 0 Å². The van der Waals surface area contributed by atoms with Crippen LogP contribution in [0.4, 0.5) is 0 Å². The molecule has 0 fully saturated rings. The first kappa shape index (κ1) is 15.2. The lowest BCUT2D eigenvalue weighted by molar-refractivity contribution is 0.603. The molecule has 0 radical (unpaired) electrons. The second-order valence-corrected chi connectivity index (χ2v) is 12.7. The minimum atomic E-state index is -1.27. The predicted molar refractivity (Wildman–Crippen MR) is 79.3 cm³/mol. The summed E-state index contributed by atoms with van der Waals surface area (Å²) in [6.07, 6.45) is 9.87. The Labute approximate surface area is 109 Å². The maximum absolute atomic E-state index is 6.25. The van der Waals surface area contributed by atoms with E-state index in [9.17, 15) is 0 Å². The van der Waals surface area contributed by atoms with E-state index in [-0.39, 0.29) is 0 Å². The van der Waals surface area contributed by atoms with E-state index >= 15 is 0 Å². The van der Waals surface area contributed by atoms with Crippen LogP contribution in [0.15, 0.2) is 0 Å². The van der Waals surface area contributed by atoms with Crippen molar-refractivity contribution in [1.82, 2.24) is 0 Å². The standard InChI is InChI=1S/C11H24ClISi/c1-14(2,12)11-9-7-5-3-4-6-8-10-13/h3-11H2,1-2H3. The lowest BCUT2D eigenvalue weighted by Crippen LogP contribution is -2.14. The van der Waals surface area contributed by atoms with Crippen molar-refractivity contribution in [2.75, 3.05) is 4.43 Å². The largest absolute Gasteiger partial charge is 0.168 e. The smallest absolute Gasteiger partial charge is 0.150 e. The van der Waals surface area contributed by atoms with Gasteiger partial charge < -0.3 is 0 Å². The van der Waals surface area contributed by atoms with Crippen LogP contribution < -0.4 is 0 Å². The molecule has 3 heteroatoms. The van der Waals surface area contributed by atoms with Crippen molar-refractivity contribution < 1.29 is 0 Å². The maximum atomic E-state index is 6.25. The molecule has 0 unspecified atom stereocenters. The quantitative estimate of drug-likeness (QED) is 0.168. The van der Waals surface area contributed by atoms with Crippen molar-refractivity contribution in [2.45, 2.75) is 64.1 Å². The van der Waals surface area contributed by atoms with Crippen LogP contribution in [0.25, 0.3) is 0 Å². The molecule has 86 valence electrons. The minimum Gasteiger partial charge on any atom is -0.168 e. The molecule has 0 aliphatic carbocycles. The van der Waals surface area contributed by atoms with Gasteiger partial charge in [-0.05, 0) is 16.9 Å². The molecular weight excluding hydrogens is 323 g/mol. The summed E-state index contributed by atoms with van der Waals surface area (Å²) in [4.78, 5) is 0. The van der Waals surface area contributed by atoms with Crippen LogP contribution in [0.1, 0.15) is 44.9 Å². The Hall–Kier alpha value is 1.24. The fourth-order valence-corrected chi connectivity index (χ4v) is 3.55. The summed E-state index contributed by atoms with van der Waals surface area (Å²) in [6, 6.07) is 1.29. The van der Waals surface area contributed by atoms with E-state index in [1.54, 1.807) is 0 Å². The highest BCUT2D eigenvalue weighted by molar-refractivity contribution is 14.1. The second kappa shape index (κ2) is 9.46. The zero-order valence-corrected chi connectivity index (χ0v) is 13.5. The summed E-state index contributed by atoms with van der Waals surface area (Å²) in [6.45, 7) is 4.49. The first-order valence-corrected chi connectivity index (χ1v) is 11.6. The van der Waals surface area contributed by atoms with Gasteiger partial charge in [0.05, 0.1) is 0 Å². The average molecular weight is 347 g/mol. The normalized spacial score (nSPS) is 12.0. The van der Waals surface area contributed by atoms with Crippen molar-refractivity contribution in [1.29, 1.82) is 0 Å². The van der Waals surface area contributed by atoms with Crippen LogP contribution in [0, 0.1) is 0 Å². The molecule has 0 heterocycles. The van der Waals surface area contributed by atoms with E-state index < -0.39 is 7.38 Å². The third kappa shape index (κ3) is 13.2. The lowest BCUT2D eigenvalue weighted by atomic mass is 10.1. The van der Waals surface area contributed by atoms with Gasteiger partial charge in [-0.2, -0.15) is 11.1 Å². The van der Waals surface area contributed by atoms with Crippen LogP contribution in [0.2, 0.25) is 19.1 Å². The molecule has 0 saturated heterocycles. The highest BCUT2D eigenvalue weighted by Crippen LogP contribution is 2.19. The third-order valence-corrected chi connectivity index (χ3v) is 5.28. The molecule has 0 rings (SSSR count). The molecule has 0 amide bonds. The van der Waals surface area contributed by atoms with E-state index in [1.165, 1.54) is 55.4 Å². The highest BCUT2D eigenvalue weighted by Gasteiger charge is 2.15. The fourth-order valence-electron chi connectivity index (χ4n) is 1.52. The second-order valence-electron chi connectivity index (χ2n) is 4.63. The molecule has 0 aromatic carbocycles. The molecule has 0 bridgehead atoms. The summed E-state index contributed by atoms with van der Waals surface area (Å²) in [7, 11) is -1.27. The predicted octanol–water partition coefficient (Wildman–Crippen LogP) is 5.60. The van der Waals surface area contributed by atoms with Crippen molar-refractivity contribution in [2.24, 2.45) is 0 Å². The van der Waals surface area contributed by atoms with Crippen LogP contribution in [-0.2, 0) is 0 Å². The SMILES string of the molecule is C[Si](C)(Cl)CCCCCCCCCI. The summed E-state index contributed by atoms with van der Waals surface area (Å²) in [5.74, 6) is 0. The first-order valence-electron chi connectivity index (χ1n) is 5.81. The van der Waals surface area contributed by atoms with Crippen molar-refractivity contribution in [3.8, 4) is 0 Å². The van der Waals surface area contributed by atoms with Gasteiger partial charge in [0, 0.05) is 0 Å². The van der Waals surface area contributed by atoms with Crippen LogP contribution in [0.3, 0.4) is 0 Å². The molecule has 0 aliphatic heterocycles. The van der Waals surface area contributed by atoms with Gasteiger partial charge in [-0.15, -0.1) is 0 Å². The van der Waals surface area contributed by atoms with Crippen molar-refractivity contribution in [3.63, 3.8) is 0 Å². The number of unbranched alkanes of at least 4 members (excludes halogenated alkanes) is 6. The number of rotatable bonds is 9. The van der Waals surface area contributed by atoms with Gasteiger partial charge in [-0.25, -0.2) is 0 Å². The van der Waals surface area contributed by atoms with E-state index in [4.69, 9.17) is 11.1 Å². The molecule has 0 atom stereocenters. The van der Waals surface area contributed by atoms with Crippen molar-refractivity contribution in [3.05, 3.63) is 0 Å². The molecular formula is C11H24ClISi. The average Bonchev–Trinajstić information content (AvgIpc) is 2.08. The minimum absolute atomic E-state index is 1.27. The topological polar surface area (TPSA) is 0 Å². The lowest BCUT2D eigenvalue weighted by Gasteiger charge is -2.11. The molecule has 0 spiro atoms. The summed E-state index contributed by atoms with van der Waals surface area (Å²) in [5.41, 5.74) is 0. The molecule has 0 aromatic heterocycles. The molecule has 14 heavy (non-hydrogen) atoms. The third-order valence-electron chi connectivity index (χ3n) is 2.40. The molecule has 0 nitrogen and oxygen atoms in total. The highest BCUT2D eigenvalue weighted by atomic mass is 127. The number of halogens is 2. The van der Waals surface area contributed by atoms with Gasteiger partial charge in [0.1, 0.15) is 7.38 Å². The van der Waals surface area contributed by atoms with E-state index in [2.05, 4.69) is 35.7 Å². The van der Waals surface area contributed by atoms with Gasteiger partial charge >= 0.3 is 0 Å². The molecule has 0 aromatic rings. The Bertz CT molecular complexity index is 123. The Balaban J connectivity index is 2.99. The molecule has 0 N–H and O–H groups in total. The van der Waals surface area contributed by atoms with E-state index in [0.29, 0.717) is 0 Å². The maximum Gasteiger partial charge on any atom is 0.150 e. The Kier molecular flexibility index (Phi) is 10.3. The zero-order valence-electron chi connectivity index (χ0n) is 9.62. The van der Waals surface area contributed by atoms with E-state index in [0.717, 1.165) is 0 Å². The Morgan fingerprint density at radius 3 is 1.71 bits per heavy atom. The molecule has 0 saturated carbocycles. The monoisotopic (exact) mass is 346 g/mol. The number of hydrogen-bond donors (Lipinski definition) is 0. The Morgan fingerprint density at radius 1 is 0.857 bits per heavy atom. The summed E-state index contributed by atoms with van der Waals surface area (Å²) < 4.78 is 1.32. The van der Waals surface area contributed by atoms with Crippen molar-refractivity contribution >= 4 is 41.1 Å². The summed E-state index contributed by atoms with van der Waals surface area (Å²) in [5, 5.41) is 0. The first-order chi connectivity index (χ1) is 6.56. The number of hydrogen-bond acceptors (Lipinski definition) is 0. The van der Waals surface area contributed by atoms with Gasteiger partial charge in [0.2, 0.25) is 0 Å². The van der Waals surface area contributed by atoms with Gasteiger partial charge in [-0.3, -0.25) is 0 Å². The fraction of sp³-hybridized carbons (Fsp3) is 1.00. The van der Waals surface area contributed by atoms with Gasteiger partial charge in [-0.1, -0.05) is 74.2 Å². The van der Waals surface area contributed by atoms with Crippen LogP contribution in [-0.4, -0.2) is 11.8 Å². The number of alkyl halides is 1. The van der Waals surface area contributed by atoms with Gasteiger partial charge in [0.15, 0.2) is 0 Å². The molecule has 0 aliphatic rings.